The second-order valence-corrected chi connectivity index (χ2v) is 7.89. The van der Waals surface area contributed by atoms with Crippen molar-refractivity contribution in [1.29, 1.82) is 0 Å². The number of benzene rings is 2. The number of thiazole rings is 1. The molecule has 0 saturated carbocycles. The first-order valence-electron chi connectivity index (χ1n) is 9.17. The second kappa shape index (κ2) is 9.36. The van der Waals surface area contributed by atoms with E-state index in [-0.39, 0.29) is 6.42 Å². The van der Waals surface area contributed by atoms with Gasteiger partial charge in [-0.3, -0.25) is 9.59 Å². The highest BCUT2D eigenvalue weighted by Gasteiger charge is 2.40. The fraction of sp³-hybridized carbons (Fsp3) is 0.286. The number of halogens is 3. The van der Waals surface area contributed by atoms with Crippen molar-refractivity contribution in [2.75, 3.05) is 13.2 Å². The van der Waals surface area contributed by atoms with Crippen LogP contribution in [0.25, 0.3) is 21.3 Å². The van der Waals surface area contributed by atoms with Crippen LogP contribution in [0, 0.1) is 5.92 Å². The van der Waals surface area contributed by atoms with Gasteiger partial charge in [-0.2, -0.15) is 13.2 Å². The maximum absolute atomic E-state index is 12.6. The summed E-state index contributed by atoms with van der Waals surface area (Å²) in [7, 11) is 0. The monoisotopic (exact) mass is 436 g/mol. The van der Waals surface area contributed by atoms with Gasteiger partial charge in [0.25, 0.3) is 0 Å². The summed E-state index contributed by atoms with van der Waals surface area (Å²) in [4.78, 5) is 28.2. The highest BCUT2D eigenvalue weighted by Crippen LogP contribution is 2.29. The molecule has 1 atom stereocenters. The van der Waals surface area contributed by atoms with Crippen LogP contribution in [0.3, 0.4) is 0 Å². The lowest BCUT2D eigenvalue weighted by molar-refractivity contribution is -0.186. The molecule has 0 radical (unpaired) electrons. The number of nitrogens with one attached hydrogen (secondary N) is 1. The maximum Gasteiger partial charge on any atom is 0.394 e. The number of aliphatic hydroxyl groups is 1. The van der Waals surface area contributed by atoms with Gasteiger partial charge in [-0.25, -0.2) is 4.98 Å². The Bertz CT molecular complexity index is 1030. The first-order chi connectivity index (χ1) is 14.3. The van der Waals surface area contributed by atoms with Crippen molar-refractivity contribution in [2.24, 2.45) is 5.92 Å². The van der Waals surface area contributed by atoms with Crippen LogP contribution in [0.1, 0.15) is 11.4 Å². The van der Waals surface area contributed by atoms with E-state index in [2.05, 4.69) is 10.3 Å². The van der Waals surface area contributed by atoms with E-state index in [9.17, 15) is 22.8 Å². The number of hydrogen-bond donors (Lipinski definition) is 2. The summed E-state index contributed by atoms with van der Waals surface area (Å²) in [5.74, 6) is -3.42. The molecular weight excluding hydrogens is 417 g/mol. The molecule has 5 nitrogen and oxygen atoms in total. The average Bonchev–Trinajstić information content (AvgIpc) is 3.11. The average molecular weight is 436 g/mol. The van der Waals surface area contributed by atoms with Crippen molar-refractivity contribution in [1.82, 2.24) is 10.3 Å². The number of carbonyl (C=O) groups is 2. The molecule has 9 heteroatoms. The van der Waals surface area contributed by atoms with Crippen molar-refractivity contribution >= 4 is 33.2 Å². The third-order valence-corrected chi connectivity index (χ3v) is 5.51. The summed E-state index contributed by atoms with van der Waals surface area (Å²) < 4.78 is 38.7. The molecule has 2 aromatic carbocycles. The molecule has 3 aromatic rings. The standard InChI is InChI=1S/C21H19F3N2O3S/c22-21(23,24)15(12-27)9-16(28)11-25-19(29)10-20-26-17-7-6-14(8-18(17)30-20)13-4-2-1-3-5-13/h1-8,15,27H,9-12H2,(H,25,29). The van der Waals surface area contributed by atoms with Crippen molar-refractivity contribution < 1.29 is 27.9 Å². The molecule has 3 rings (SSSR count). The van der Waals surface area contributed by atoms with E-state index >= 15 is 0 Å². The lowest BCUT2D eigenvalue weighted by Gasteiger charge is -2.16. The Morgan fingerprint density at radius 2 is 1.83 bits per heavy atom. The summed E-state index contributed by atoms with van der Waals surface area (Å²) in [6.07, 6.45) is -5.60. The topological polar surface area (TPSA) is 79.3 Å². The molecule has 0 spiro atoms. The second-order valence-electron chi connectivity index (χ2n) is 6.77. The lowest BCUT2D eigenvalue weighted by atomic mass is 10.0. The van der Waals surface area contributed by atoms with Crippen LogP contribution in [0.15, 0.2) is 48.5 Å². The Hall–Kier alpha value is -2.78. The van der Waals surface area contributed by atoms with E-state index in [0.717, 1.165) is 21.3 Å². The molecule has 1 amide bonds. The number of carbonyl (C=O) groups excluding carboxylic acids is 2. The van der Waals surface area contributed by atoms with Crippen LogP contribution < -0.4 is 5.32 Å². The zero-order valence-corrected chi connectivity index (χ0v) is 16.6. The van der Waals surface area contributed by atoms with Crippen LogP contribution >= 0.6 is 11.3 Å². The van der Waals surface area contributed by atoms with Crippen molar-refractivity contribution in [2.45, 2.75) is 19.0 Å². The van der Waals surface area contributed by atoms with Gasteiger partial charge in [0.15, 0.2) is 5.78 Å². The summed E-state index contributed by atoms with van der Waals surface area (Å²) in [5, 5.41) is 11.6. The van der Waals surface area contributed by atoms with Crippen LogP contribution in [-0.4, -0.2) is 41.1 Å². The Kier molecular flexibility index (Phi) is 6.84. The van der Waals surface area contributed by atoms with Gasteiger partial charge in [0.05, 0.1) is 35.7 Å². The van der Waals surface area contributed by atoms with E-state index in [1.54, 1.807) is 0 Å². The molecule has 0 aliphatic carbocycles. The molecule has 0 bridgehead atoms. The summed E-state index contributed by atoms with van der Waals surface area (Å²) in [5.41, 5.74) is 2.83. The molecule has 0 aliphatic rings. The van der Waals surface area contributed by atoms with Gasteiger partial charge in [-0.15, -0.1) is 11.3 Å². The van der Waals surface area contributed by atoms with Crippen LogP contribution in [-0.2, 0) is 16.0 Å². The van der Waals surface area contributed by atoms with Gasteiger partial charge < -0.3 is 10.4 Å². The number of hydrogen-bond acceptors (Lipinski definition) is 5. The molecule has 1 aromatic heterocycles. The minimum atomic E-state index is -4.66. The smallest absolute Gasteiger partial charge is 0.394 e. The normalized spacial score (nSPS) is 12.7. The summed E-state index contributed by atoms with van der Waals surface area (Å²) >= 11 is 1.35. The predicted octanol–water partition coefficient (Wildman–Crippen LogP) is 3.75. The van der Waals surface area contributed by atoms with Crippen LogP contribution in [0.5, 0.6) is 0 Å². The number of Topliss-reactive ketones (excluding diaryl/α,β-unsaturated/α-hetero) is 1. The van der Waals surface area contributed by atoms with Crippen molar-refractivity contribution in [3.8, 4) is 11.1 Å². The molecule has 0 aliphatic heterocycles. The van der Waals surface area contributed by atoms with Crippen LogP contribution in [0.2, 0.25) is 0 Å². The fourth-order valence-corrected chi connectivity index (χ4v) is 3.89. The molecule has 0 fully saturated rings. The van der Waals surface area contributed by atoms with Gasteiger partial charge in [-0.05, 0) is 23.3 Å². The van der Waals surface area contributed by atoms with E-state index in [0.29, 0.717) is 5.01 Å². The molecule has 0 saturated heterocycles. The zero-order valence-electron chi connectivity index (χ0n) is 15.8. The number of aliphatic hydroxyl groups excluding tert-OH is 1. The molecule has 158 valence electrons. The van der Waals surface area contributed by atoms with E-state index < -0.39 is 43.4 Å². The van der Waals surface area contributed by atoms with E-state index in [1.165, 1.54) is 11.3 Å². The molecular formula is C21H19F3N2O3S. The van der Waals surface area contributed by atoms with E-state index in [4.69, 9.17) is 5.11 Å². The lowest BCUT2D eigenvalue weighted by Crippen LogP contribution is -2.35. The quantitative estimate of drug-likeness (QED) is 0.564. The predicted molar refractivity (Wildman–Crippen MR) is 108 cm³/mol. The third kappa shape index (κ3) is 5.64. The van der Waals surface area contributed by atoms with Gasteiger partial charge in [0.2, 0.25) is 5.91 Å². The van der Waals surface area contributed by atoms with Crippen molar-refractivity contribution in [3.63, 3.8) is 0 Å². The fourth-order valence-electron chi connectivity index (χ4n) is 2.89. The zero-order chi connectivity index (χ0) is 21.7. The van der Waals surface area contributed by atoms with E-state index in [1.807, 2.05) is 48.5 Å². The molecule has 30 heavy (non-hydrogen) atoms. The summed E-state index contributed by atoms with van der Waals surface area (Å²) in [6, 6.07) is 15.6. The summed E-state index contributed by atoms with van der Waals surface area (Å²) in [6.45, 7) is -1.69. The van der Waals surface area contributed by atoms with Gasteiger partial charge in [0, 0.05) is 6.42 Å². The van der Waals surface area contributed by atoms with Gasteiger partial charge >= 0.3 is 6.18 Å². The Morgan fingerprint density at radius 3 is 2.50 bits per heavy atom. The first kappa shape index (κ1) is 21.9. The Morgan fingerprint density at radius 1 is 1.10 bits per heavy atom. The number of ketones is 1. The number of amides is 1. The highest BCUT2D eigenvalue weighted by atomic mass is 32.1. The van der Waals surface area contributed by atoms with Crippen LogP contribution in [0.4, 0.5) is 13.2 Å². The Balaban J connectivity index is 1.58. The largest absolute Gasteiger partial charge is 0.396 e. The number of aromatic nitrogens is 1. The minimum absolute atomic E-state index is 0.0734. The number of alkyl halides is 3. The Labute approximate surface area is 174 Å². The third-order valence-electron chi connectivity index (χ3n) is 4.49. The molecule has 1 unspecified atom stereocenters. The first-order valence-corrected chi connectivity index (χ1v) is 9.99. The SMILES string of the molecule is O=C(CNC(=O)Cc1nc2ccc(-c3ccccc3)cc2s1)CC(CO)C(F)(F)F. The molecule has 1 heterocycles. The minimum Gasteiger partial charge on any atom is -0.396 e. The maximum atomic E-state index is 12.6. The van der Waals surface area contributed by atoms with Gasteiger partial charge in [-0.1, -0.05) is 36.4 Å². The van der Waals surface area contributed by atoms with Gasteiger partial charge in [0.1, 0.15) is 5.01 Å². The van der Waals surface area contributed by atoms with Crippen molar-refractivity contribution in [3.05, 3.63) is 53.5 Å². The number of fused-ring (bicyclic) bond motifs is 1. The number of rotatable bonds is 8. The highest BCUT2D eigenvalue weighted by molar-refractivity contribution is 7.18. The number of nitrogens with zero attached hydrogens (tertiary/aromatic N) is 1. The molecule has 2 N–H and O–H groups in total.